The Balaban J connectivity index is 1.76. The molecule has 3 heteroatoms. The fraction of sp³-hybridized carbons (Fsp3) is 0.625. The first-order valence-corrected chi connectivity index (χ1v) is 8.14. The van der Waals surface area contributed by atoms with Crippen molar-refractivity contribution in [3.05, 3.63) is 35.4 Å². The maximum atomic E-state index is 13.1. The van der Waals surface area contributed by atoms with Gasteiger partial charge in [-0.25, -0.2) is 8.78 Å². The van der Waals surface area contributed by atoms with Crippen molar-refractivity contribution in [2.24, 2.45) is 5.92 Å². The van der Waals surface area contributed by atoms with E-state index in [1.54, 1.807) is 6.07 Å². The van der Waals surface area contributed by atoms with Crippen LogP contribution in [0.25, 0.3) is 0 Å². The van der Waals surface area contributed by atoms with Crippen LogP contribution in [0.1, 0.15) is 50.5 Å². The van der Waals surface area contributed by atoms with Gasteiger partial charge in [0.15, 0.2) is 11.6 Å². The van der Waals surface area contributed by atoms with Gasteiger partial charge in [-0.3, -0.25) is 0 Å². The molecule has 0 N–H and O–H groups in total. The zero-order chi connectivity index (χ0) is 13.7. The van der Waals surface area contributed by atoms with Gasteiger partial charge in [0.05, 0.1) is 0 Å². The van der Waals surface area contributed by atoms with Crippen LogP contribution in [-0.4, -0.2) is 4.83 Å². The largest absolute Gasteiger partial charge is 0.204 e. The molecule has 1 unspecified atom stereocenters. The molecule has 0 nitrogen and oxygen atoms in total. The van der Waals surface area contributed by atoms with Gasteiger partial charge in [0.2, 0.25) is 0 Å². The van der Waals surface area contributed by atoms with Crippen LogP contribution in [0.15, 0.2) is 18.2 Å². The lowest BCUT2D eigenvalue weighted by Crippen LogP contribution is -2.10. The van der Waals surface area contributed by atoms with Gasteiger partial charge < -0.3 is 0 Å². The SMILES string of the molecule is Fc1ccc(CC(Br)CCC2CCCCC2)cc1F. The monoisotopic (exact) mass is 330 g/mol. The van der Waals surface area contributed by atoms with Crippen molar-refractivity contribution in [1.82, 2.24) is 0 Å². The predicted molar refractivity (Wildman–Crippen MR) is 78.6 cm³/mol. The van der Waals surface area contributed by atoms with Crippen molar-refractivity contribution in [2.45, 2.75) is 56.2 Å². The third-order valence-corrected chi connectivity index (χ3v) is 4.84. The molecule has 1 atom stereocenters. The highest BCUT2D eigenvalue weighted by Crippen LogP contribution is 2.29. The topological polar surface area (TPSA) is 0 Å². The lowest BCUT2D eigenvalue weighted by molar-refractivity contribution is 0.331. The van der Waals surface area contributed by atoms with Crippen LogP contribution in [0.4, 0.5) is 8.78 Å². The summed E-state index contributed by atoms with van der Waals surface area (Å²) in [6.45, 7) is 0. The van der Waals surface area contributed by atoms with E-state index in [1.165, 1.54) is 50.7 Å². The maximum Gasteiger partial charge on any atom is 0.159 e. The molecule has 1 aliphatic carbocycles. The Hall–Kier alpha value is -0.440. The summed E-state index contributed by atoms with van der Waals surface area (Å²) in [4.78, 5) is 0.360. The summed E-state index contributed by atoms with van der Waals surface area (Å²) >= 11 is 3.67. The lowest BCUT2D eigenvalue weighted by atomic mass is 9.85. The molecule has 1 aliphatic rings. The van der Waals surface area contributed by atoms with Crippen LogP contribution in [0.3, 0.4) is 0 Å². The van der Waals surface area contributed by atoms with E-state index in [0.29, 0.717) is 4.83 Å². The van der Waals surface area contributed by atoms with E-state index in [2.05, 4.69) is 15.9 Å². The molecule has 0 bridgehead atoms. The average Bonchev–Trinajstić information content (AvgIpc) is 2.42. The summed E-state index contributed by atoms with van der Waals surface area (Å²) in [5, 5.41) is 0. The summed E-state index contributed by atoms with van der Waals surface area (Å²) in [7, 11) is 0. The maximum absolute atomic E-state index is 13.1. The first-order valence-electron chi connectivity index (χ1n) is 7.23. The van der Waals surface area contributed by atoms with Crippen molar-refractivity contribution in [3.8, 4) is 0 Å². The Morgan fingerprint density at radius 2 is 1.84 bits per heavy atom. The minimum atomic E-state index is -0.767. The molecule has 0 radical (unpaired) electrons. The average molecular weight is 331 g/mol. The highest BCUT2D eigenvalue weighted by Gasteiger charge is 2.15. The van der Waals surface area contributed by atoms with Crippen LogP contribution in [-0.2, 0) is 6.42 Å². The van der Waals surface area contributed by atoms with Gasteiger partial charge in [0.25, 0.3) is 0 Å². The third-order valence-electron chi connectivity index (χ3n) is 4.05. The van der Waals surface area contributed by atoms with E-state index in [0.717, 1.165) is 24.3 Å². The Kier molecular flexibility index (Phi) is 5.80. The van der Waals surface area contributed by atoms with E-state index < -0.39 is 11.6 Å². The van der Waals surface area contributed by atoms with Gasteiger partial charge in [-0.15, -0.1) is 0 Å². The molecular weight excluding hydrogens is 310 g/mol. The van der Waals surface area contributed by atoms with Crippen molar-refractivity contribution in [2.75, 3.05) is 0 Å². The summed E-state index contributed by atoms with van der Waals surface area (Å²) in [6, 6.07) is 4.20. The van der Waals surface area contributed by atoms with Gasteiger partial charge in [0, 0.05) is 4.83 Å². The molecule has 0 amide bonds. The second-order valence-corrected chi connectivity index (χ2v) is 6.93. The molecule has 0 aliphatic heterocycles. The first-order chi connectivity index (χ1) is 9.15. The molecule has 1 aromatic rings. The van der Waals surface area contributed by atoms with E-state index in [4.69, 9.17) is 0 Å². The fourth-order valence-corrected chi connectivity index (χ4v) is 3.55. The number of hydrogen-bond donors (Lipinski definition) is 0. The Morgan fingerprint density at radius 3 is 2.53 bits per heavy atom. The van der Waals surface area contributed by atoms with Crippen molar-refractivity contribution < 1.29 is 8.78 Å². The zero-order valence-corrected chi connectivity index (χ0v) is 12.8. The highest BCUT2D eigenvalue weighted by molar-refractivity contribution is 9.09. The van der Waals surface area contributed by atoms with E-state index >= 15 is 0 Å². The Bertz CT molecular complexity index is 400. The summed E-state index contributed by atoms with van der Waals surface area (Å²) in [5.41, 5.74) is 0.865. The molecule has 1 fully saturated rings. The Morgan fingerprint density at radius 1 is 1.11 bits per heavy atom. The van der Waals surface area contributed by atoms with Gasteiger partial charge in [-0.2, -0.15) is 0 Å². The number of benzene rings is 1. The molecular formula is C16H21BrF2. The molecule has 0 aromatic heterocycles. The van der Waals surface area contributed by atoms with E-state index in [9.17, 15) is 8.78 Å². The quantitative estimate of drug-likeness (QED) is 0.613. The minimum absolute atomic E-state index is 0.360. The molecule has 1 saturated carbocycles. The van der Waals surface area contributed by atoms with Gasteiger partial charge in [0.1, 0.15) is 0 Å². The fourth-order valence-electron chi connectivity index (χ4n) is 2.92. The van der Waals surface area contributed by atoms with Crippen LogP contribution in [0.5, 0.6) is 0 Å². The third kappa shape index (κ3) is 4.87. The molecule has 2 rings (SSSR count). The lowest BCUT2D eigenvalue weighted by Gasteiger charge is -2.22. The van der Waals surface area contributed by atoms with E-state index in [-0.39, 0.29) is 0 Å². The highest BCUT2D eigenvalue weighted by atomic mass is 79.9. The van der Waals surface area contributed by atoms with Crippen LogP contribution >= 0.6 is 15.9 Å². The molecule has 0 saturated heterocycles. The summed E-state index contributed by atoms with van der Waals surface area (Å²) in [6.07, 6.45) is 10.0. The van der Waals surface area contributed by atoms with Gasteiger partial charge in [-0.1, -0.05) is 54.1 Å². The molecule has 0 heterocycles. The van der Waals surface area contributed by atoms with Gasteiger partial charge >= 0.3 is 0 Å². The number of rotatable bonds is 5. The number of hydrogen-bond acceptors (Lipinski definition) is 0. The van der Waals surface area contributed by atoms with Crippen LogP contribution in [0, 0.1) is 17.6 Å². The first kappa shape index (κ1) is 15.0. The number of halogens is 3. The smallest absolute Gasteiger partial charge is 0.159 e. The zero-order valence-electron chi connectivity index (χ0n) is 11.2. The van der Waals surface area contributed by atoms with Gasteiger partial charge in [-0.05, 0) is 42.9 Å². The predicted octanol–water partition coefficient (Wildman–Crippen LogP) is 5.63. The molecule has 19 heavy (non-hydrogen) atoms. The van der Waals surface area contributed by atoms with Crippen LogP contribution in [0.2, 0.25) is 0 Å². The minimum Gasteiger partial charge on any atom is -0.204 e. The second kappa shape index (κ2) is 7.37. The standard InChI is InChI=1S/C16H21BrF2/c17-14(8-6-12-4-2-1-3-5-12)10-13-7-9-15(18)16(19)11-13/h7,9,11-12,14H,1-6,8,10H2. The second-order valence-electron chi connectivity index (χ2n) is 5.63. The number of alkyl halides is 1. The molecule has 0 spiro atoms. The van der Waals surface area contributed by atoms with Crippen molar-refractivity contribution in [1.29, 1.82) is 0 Å². The molecule has 106 valence electrons. The summed E-state index contributed by atoms with van der Waals surface area (Å²) in [5.74, 6) is -0.639. The Labute approximate surface area is 122 Å². The normalized spacial score (nSPS) is 18.5. The summed E-state index contributed by atoms with van der Waals surface area (Å²) < 4.78 is 26.0. The van der Waals surface area contributed by atoms with Crippen molar-refractivity contribution >= 4 is 15.9 Å². The van der Waals surface area contributed by atoms with Crippen LogP contribution < -0.4 is 0 Å². The van der Waals surface area contributed by atoms with Crippen molar-refractivity contribution in [3.63, 3.8) is 0 Å². The molecule has 1 aromatic carbocycles. The van der Waals surface area contributed by atoms with E-state index in [1.807, 2.05) is 0 Å².